The highest BCUT2D eigenvalue weighted by Gasteiger charge is 2.14. The van der Waals surface area contributed by atoms with Gasteiger partial charge in [0.1, 0.15) is 6.33 Å². The van der Waals surface area contributed by atoms with Crippen LogP contribution in [0.5, 0.6) is 0 Å². The summed E-state index contributed by atoms with van der Waals surface area (Å²) in [5, 5.41) is 3.27. The first-order chi connectivity index (χ1) is 8.34. The van der Waals surface area contributed by atoms with Crippen molar-refractivity contribution in [1.82, 2.24) is 9.97 Å². The van der Waals surface area contributed by atoms with Crippen molar-refractivity contribution in [3.05, 3.63) is 53.6 Å². The van der Waals surface area contributed by atoms with Gasteiger partial charge < -0.3 is 5.32 Å². The molecule has 2 heterocycles. The molecule has 1 aliphatic rings. The first kappa shape index (κ1) is 9.96. The highest BCUT2D eigenvalue weighted by atomic mass is 16.1. The number of carbonyl (C=O) groups is 1. The number of nitrogens with one attached hydrogen (secondary N) is 1. The molecule has 1 aliphatic heterocycles. The number of hydrogen-bond acceptors (Lipinski definition) is 4. The minimum absolute atomic E-state index is 0.0275. The summed E-state index contributed by atoms with van der Waals surface area (Å²) in [7, 11) is 0. The third kappa shape index (κ3) is 1.78. The normalized spacial score (nSPS) is 12.9. The number of rotatable bonds is 2. The van der Waals surface area contributed by atoms with E-state index in [4.69, 9.17) is 0 Å². The molecule has 0 amide bonds. The average Bonchev–Trinajstić information content (AvgIpc) is 2.86. The summed E-state index contributed by atoms with van der Waals surface area (Å²) in [6.07, 6.45) is 5.48. The fourth-order valence-electron chi connectivity index (χ4n) is 2.03. The molecule has 0 fully saturated rings. The minimum atomic E-state index is -0.0275. The Labute approximate surface area is 98.7 Å². The van der Waals surface area contributed by atoms with Crippen LogP contribution in [0.4, 0.5) is 5.69 Å². The minimum Gasteiger partial charge on any atom is -0.384 e. The lowest BCUT2D eigenvalue weighted by Crippen LogP contribution is -2.02. The predicted molar refractivity (Wildman–Crippen MR) is 64.1 cm³/mol. The second-order valence-electron chi connectivity index (χ2n) is 4.00. The average molecular weight is 225 g/mol. The molecule has 17 heavy (non-hydrogen) atoms. The Morgan fingerprint density at radius 3 is 2.82 bits per heavy atom. The third-order valence-electron chi connectivity index (χ3n) is 2.90. The lowest BCUT2D eigenvalue weighted by atomic mass is 10.0. The van der Waals surface area contributed by atoms with Gasteiger partial charge in [-0.2, -0.15) is 0 Å². The molecule has 0 unspecified atom stereocenters. The predicted octanol–water partition coefficient (Wildman–Crippen LogP) is 1.68. The topological polar surface area (TPSA) is 54.9 Å². The van der Waals surface area contributed by atoms with Crippen LogP contribution in [-0.4, -0.2) is 22.3 Å². The molecule has 4 nitrogen and oxygen atoms in total. The first-order valence-electron chi connectivity index (χ1n) is 5.51. The van der Waals surface area contributed by atoms with Gasteiger partial charge in [0, 0.05) is 30.2 Å². The highest BCUT2D eigenvalue weighted by Crippen LogP contribution is 2.23. The lowest BCUT2D eigenvalue weighted by molar-refractivity contribution is 0.103. The van der Waals surface area contributed by atoms with E-state index in [0.717, 1.165) is 18.7 Å². The highest BCUT2D eigenvalue weighted by molar-refractivity contribution is 6.08. The van der Waals surface area contributed by atoms with E-state index in [-0.39, 0.29) is 5.78 Å². The molecule has 1 aromatic heterocycles. The number of carbonyl (C=O) groups excluding carboxylic acids is 1. The fraction of sp³-hybridized carbons (Fsp3) is 0.154. The van der Waals surface area contributed by atoms with Gasteiger partial charge in [-0.25, -0.2) is 9.97 Å². The van der Waals surface area contributed by atoms with Crippen LogP contribution in [0.15, 0.2) is 36.9 Å². The van der Waals surface area contributed by atoms with Gasteiger partial charge in [0.2, 0.25) is 0 Å². The maximum atomic E-state index is 12.1. The lowest BCUT2D eigenvalue weighted by Gasteiger charge is -2.03. The van der Waals surface area contributed by atoms with Crippen LogP contribution in [0.3, 0.4) is 0 Å². The molecular formula is C13H11N3O. The third-order valence-corrected chi connectivity index (χ3v) is 2.90. The molecule has 0 bridgehead atoms. The van der Waals surface area contributed by atoms with E-state index in [1.165, 1.54) is 11.9 Å². The van der Waals surface area contributed by atoms with Crippen LogP contribution >= 0.6 is 0 Å². The van der Waals surface area contributed by atoms with Gasteiger partial charge in [0.15, 0.2) is 5.78 Å². The number of nitrogens with zero attached hydrogens (tertiary/aromatic N) is 2. The van der Waals surface area contributed by atoms with E-state index in [2.05, 4.69) is 15.3 Å². The molecule has 4 heteroatoms. The smallest absolute Gasteiger partial charge is 0.196 e. The van der Waals surface area contributed by atoms with E-state index in [1.807, 2.05) is 18.2 Å². The Bertz CT molecular complexity index is 566. The molecule has 0 aliphatic carbocycles. The van der Waals surface area contributed by atoms with Crippen molar-refractivity contribution >= 4 is 11.5 Å². The summed E-state index contributed by atoms with van der Waals surface area (Å²) in [6.45, 7) is 0.946. The number of aromatic nitrogens is 2. The summed E-state index contributed by atoms with van der Waals surface area (Å²) in [5.41, 5.74) is 3.55. The number of hydrogen-bond donors (Lipinski definition) is 1. The zero-order chi connectivity index (χ0) is 11.7. The number of ketones is 1. The summed E-state index contributed by atoms with van der Waals surface area (Å²) in [4.78, 5) is 19.9. The summed E-state index contributed by atoms with van der Waals surface area (Å²) >= 11 is 0. The van der Waals surface area contributed by atoms with Crippen LogP contribution in [0.1, 0.15) is 21.5 Å². The van der Waals surface area contributed by atoms with Crippen molar-refractivity contribution in [2.75, 3.05) is 11.9 Å². The molecule has 84 valence electrons. The monoisotopic (exact) mass is 225 g/mol. The Morgan fingerprint density at radius 1 is 1.18 bits per heavy atom. The molecule has 0 saturated heterocycles. The molecule has 3 rings (SSSR count). The van der Waals surface area contributed by atoms with Crippen LogP contribution in [0.2, 0.25) is 0 Å². The quantitative estimate of drug-likeness (QED) is 0.790. The molecule has 0 atom stereocenters. The van der Waals surface area contributed by atoms with Gasteiger partial charge in [-0.3, -0.25) is 4.79 Å². The van der Waals surface area contributed by atoms with Crippen LogP contribution in [-0.2, 0) is 6.42 Å². The van der Waals surface area contributed by atoms with Gasteiger partial charge in [-0.1, -0.05) is 0 Å². The van der Waals surface area contributed by atoms with Gasteiger partial charge >= 0.3 is 0 Å². The second kappa shape index (κ2) is 3.97. The van der Waals surface area contributed by atoms with Crippen molar-refractivity contribution in [3.63, 3.8) is 0 Å². The summed E-state index contributed by atoms with van der Waals surface area (Å²) in [5.74, 6) is -0.0275. The molecular weight excluding hydrogens is 214 g/mol. The number of anilines is 1. The second-order valence-corrected chi connectivity index (χ2v) is 4.00. The van der Waals surface area contributed by atoms with Crippen LogP contribution in [0, 0.1) is 0 Å². The van der Waals surface area contributed by atoms with Crippen LogP contribution in [0.25, 0.3) is 0 Å². The van der Waals surface area contributed by atoms with E-state index in [1.54, 1.807) is 12.4 Å². The summed E-state index contributed by atoms with van der Waals surface area (Å²) in [6, 6.07) is 5.75. The Kier molecular flexibility index (Phi) is 2.33. The van der Waals surface area contributed by atoms with Crippen LogP contribution < -0.4 is 5.32 Å². The zero-order valence-corrected chi connectivity index (χ0v) is 9.18. The number of fused-ring (bicyclic) bond motifs is 1. The van der Waals surface area contributed by atoms with E-state index in [0.29, 0.717) is 11.1 Å². The molecule has 1 N–H and O–H groups in total. The van der Waals surface area contributed by atoms with E-state index < -0.39 is 0 Å². The summed E-state index contributed by atoms with van der Waals surface area (Å²) < 4.78 is 0. The molecule has 0 spiro atoms. The SMILES string of the molecule is O=C(c1cncnc1)c1ccc2c(c1)CCN2. The Morgan fingerprint density at radius 2 is 2.00 bits per heavy atom. The van der Waals surface area contributed by atoms with Crippen molar-refractivity contribution in [2.45, 2.75) is 6.42 Å². The van der Waals surface area contributed by atoms with Crippen molar-refractivity contribution in [3.8, 4) is 0 Å². The number of benzene rings is 1. The molecule has 0 saturated carbocycles. The standard InChI is InChI=1S/C13H11N3O/c17-13(11-6-14-8-15-7-11)10-1-2-12-9(5-10)3-4-16-12/h1-2,5-8,16H,3-4H2. The largest absolute Gasteiger partial charge is 0.384 e. The van der Waals surface area contributed by atoms with Crippen molar-refractivity contribution < 1.29 is 4.79 Å². The van der Waals surface area contributed by atoms with E-state index >= 15 is 0 Å². The zero-order valence-electron chi connectivity index (χ0n) is 9.18. The van der Waals surface area contributed by atoms with Gasteiger partial charge in [-0.15, -0.1) is 0 Å². The Balaban J connectivity index is 1.97. The van der Waals surface area contributed by atoms with E-state index in [9.17, 15) is 4.79 Å². The molecule has 0 radical (unpaired) electrons. The van der Waals surface area contributed by atoms with Gasteiger partial charge in [0.25, 0.3) is 0 Å². The first-order valence-corrected chi connectivity index (χ1v) is 5.51. The maximum absolute atomic E-state index is 12.1. The molecule has 2 aromatic rings. The Hall–Kier alpha value is -2.23. The van der Waals surface area contributed by atoms with Crippen molar-refractivity contribution in [2.24, 2.45) is 0 Å². The van der Waals surface area contributed by atoms with Crippen molar-refractivity contribution in [1.29, 1.82) is 0 Å². The maximum Gasteiger partial charge on any atom is 0.196 e. The molecule has 1 aromatic carbocycles. The van der Waals surface area contributed by atoms with Gasteiger partial charge in [-0.05, 0) is 30.2 Å². The fourth-order valence-corrected chi connectivity index (χ4v) is 2.03. The van der Waals surface area contributed by atoms with Gasteiger partial charge in [0.05, 0.1) is 5.56 Å².